The summed E-state index contributed by atoms with van der Waals surface area (Å²) in [6, 6.07) is 11.3. The molecule has 0 spiro atoms. The van der Waals surface area contributed by atoms with E-state index in [4.69, 9.17) is 4.74 Å². The topological polar surface area (TPSA) is 76.2 Å². The van der Waals surface area contributed by atoms with E-state index in [1.807, 2.05) is 24.3 Å². The Hall–Kier alpha value is -3.16. The number of amides is 1. The Morgan fingerprint density at radius 2 is 1.96 bits per heavy atom. The van der Waals surface area contributed by atoms with Gasteiger partial charge in [-0.3, -0.25) is 4.79 Å². The van der Waals surface area contributed by atoms with Crippen molar-refractivity contribution in [3.8, 4) is 11.5 Å². The van der Waals surface area contributed by atoms with Crippen LogP contribution < -0.4 is 14.8 Å². The Morgan fingerprint density at radius 3 is 2.65 bits per heavy atom. The zero-order chi connectivity index (χ0) is 18.7. The minimum absolute atomic E-state index is 0.0485. The van der Waals surface area contributed by atoms with E-state index < -0.39 is 18.6 Å². The number of nitrogens with one attached hydrogen (secondary N) is 2. The average Bonchev–Trinajstić information content (AvgIpc) is 3.05. The Bertz CT molecular complexity index is 894. The molecule has 3 aromatic rings. The predicted octanol–water partition coefficient (Wildman–Crippen LogP) is 3.66. The Morgan fingerprint density at radius 1 is 1.19 bits per heavy atom. The van der Waals surface area contributed by atoms with Crippen LogP contribution in [0.5, 0.6) is 11.5 Å². The summed E-state index contributed by atoms with van der Waals surface area (Å²) in [5.41, 5.74) is 1.56. The molecule has 2 aromatic carbocycles. The van der Waals surface area contributed by atoms with E-state index >= 15 is 0 Å². The lowest BCUT2D eigenvalue weighted by atomic mass is 10.1. The molecule has 8 heteroatoms. The van der Waals surface area contributed by atoms with E-state index in [2.05, 4.69) is 20.0 Å². The Balaban J connectivity index is 1.85. The van der Waals surface area contributed by atoms with Gasteiger partial charge in [-0.25, -0.2) is 4.98 Å². The number of hydrogen-bond acceptors (Lipinski definition) is 4. The number of imidazole rings is 1. The lowest BCUT2D eigenvalue weighted by Gasteiger charge is -2.16. The first kappa shape index (κ1) is 17.7. The maximum atomic E-state index is 12.7. The predicted molar refractivity (Wildman–Crippen MR) is 91.6 cm³/mol. The fraction of sp³-hybridized carbons (Fsp3) is 0.222. The summed E-state index contributed by atoms with van der Waals surface area (Å²) >= 11 is 0. The first-order valence-electron chi connectivity index (χ1n) is 7.87. The fourth-order valence-electron chi connectivity index (χ4n) is 2.59. The maximum absolute atomic E-state index is 12.7. The van der Waals surface area contributed by atoms with Crippen LogP contribution >= 0.6 is 0 Å². The molecule has 1 amide bonds. The molecule has 0 saturated heterocycles. The van der Waals surface area contributed by atoms with Crippen molar-refractivity contribution in [1.29, 1.82) is 0 Å². The van der Waals surface area contributed by atoms with Gasteiger partial charge in [0.2, 0.25) is 0 Å². The molecule has 1 unspecified atom stereocenters. The van der Waals surface area contributed by atoms with Gasteiger partial charge in [-0.05, 0) is 31.2 Å². The summed E-state index contributed by atoms with van der Waals surface area (Å²) in [5.74, 6) is -0.278. The van der Waals surface area contributed by atoms with Gasteiger partial charge < -0.3 is 19.8 Å². The standard InChI is InChI=1S/C18H17F2N3O3/c1-10(16-22-12-7-3-4-8-13(12)23-16)21-17(24)11-6-5-9-14(25-2)15(11)26-18(19)20/h3-10,18H,1-2H3,(H,21,24)(H,22,23). The lowest BCUT2D eigenvalue weighted by molar-refractivity contribution is -0.0515. The number of ether oxygens (including phenoxy) is 2. The highest BCUT2D eigenvalue weighted by Gasteiger charge is 2.22. The van der Waals surface area contributed by atoms with Gasteiger partial charge >= 0.3 is 6.61 Å². The number of aromatic amines is 1. The number of hydrogen-bond donors (Lipinski definition) is 2. The highest BCUT2D eigenvalue weighted by molar-refractivity contribution is 5.98. The lowest BCUT2D eigenvalue weighted by Crippen LogP contribution is -2.28. The van der Waals surface area contributed by atoms with Gasteiger partial charge in [0.05, 0.1) is 29.7 Å². The first-order valence-corrected chi connectivity index (χ1v) is 7.87. The summed E-state index contributed by atoms with van der Waals surface area (Å²) in [6.45, 7) is -1.34. The number of H-pyrrole nitrogens is 1. The first-order chi connectivity index (χ1) is 12.5. The molecule has 2 N–H and O–H groups in total. The van der Waals surface area contributed by atoms with Crippen molar-refractivity contribution in [2.24, 2.45) is 0 Å². The number of alkyl halides is 2. The van der Waals surface area contributed by atoms with Gasteiger partial charge in [0.15, 0.2) is 11.5 Å². The van der Waals surface area contributed by atoms with Gasteiger partial charge in [-0.15, -0.1) is 0 Å². The highest BCUT2D eigenvalue weighted by atomic mass is 19.3. The second-order valence-electron chi connectivity index (χ2n) is 5.55. The van der Waals surface area contributed by atoms with Crippen LogP contribution in [0.1, 0.15) is 29.1 Å². The molecule has 3 rings (SSSR count). The smallest absolute Gasteiger partial charge is 0.387 e. The molecule has 136 valence electrons. The third-order valence-electron chi connectivity index (χ3n) is 3.82. The van der Waals surface area contributed by atoms with Gasteiger partial charge in [-0.2, -0.15) is 8.78 Å². The molecule has 6 nitrogen and oxygen atoms in total. The van der Waals surface area contributed by atoms with Gasteiger partial charge in [0, 0.05) is 0 Å². The second-order valence-corrected chi connectivity index (χ2v) is 5.55. The zero-order valence-electron chi connectivity index (χ0n) is 14.1. The van der Waals surface area contributed by atoms with E-state index in [0.29, 0.717) is 5.82 Å². The van der Waals surface area contributed by atoms with Crippen molar-refractivity contribution >= 4 is 16.9 Å². The number of para-hydroxylation sites is 3. The van der Waals surface area contributed by atoms with Crippen LogP contribution in [0.25, 0.3) is 11.0 Å². The molecule has 0 fully saturated rings. The summed E-state index contributed by atoms with van der Waals surface area (Å²) in [4.78, 5) is 20.1. The number of halogens is 2. The van der Waals surface area contributed by atoms with Crippen LogP contribution in [-0.2, 0) is 0 Å². The minimum Gasteiger partial charge on any atom is -0.493 e. The van der Waals surface area contributed by atoms with Crippen molar-refractivity contribution in [2.45, 2.75) is 19.6 Å². The number of nitrogens with zero attached hydrogens (tertiary/aromatic N) is 1. The Labute approximate surface area is 148 Å². The van der Waals surface area contributed by atoms with E-state index in [-0.39, 0.29) is 17.1 Å². The zero-order valence-corrected chi connectivity index (χ0v) is 14.1. The number of rotatable bonds is 6. The van der Waals surface area contributed by atoms with E-state index in [1.165, 1.54) is 25.3 Å². The van der Waals surface area contributed by atoms with Crippen LogP contribution in [0.3, 0.4) is 0 Å². The van der Waals surface area contributed by atoms with Crippen molar-refractivity contribution in [3.05, 3.63) is 53.9 Å². The average molecular weight is 361 g/mol. The molecule has 0 bridgehead atoms. The number of benzene rings is 2. The van der Waals surface area contributed by atoms with E-state index in [0.717, 1.165) is 11.0 Å². The Kier molecular flexibility index (Phi) is 5.01. The molecule has 0 aliphatic rings. The normalized spacial score (nSPS) is 12.2. The van der Waals surface area contributed by atoms with Crippen LogP contribution in [0.15, 0.2) is 42.5 Å². The number of aromatic nitrogens is 2. The van der Waals surface area contributed by atoms with Gasteiger partial charge in [0.25, 0.3) is 5.91 Å². The highest BCUT2D eigenvalue weighted by Crippen LogP contribution is 2.32. The molecule has 26 heavy (non-hydrogen) atoms. The molecular formula is C18H17F2N3O3. The van der Waals surface area contributed by atoms with Crippen molar-refractivity contribution in [2.75, 3.05) is 7.11 Å². The number of carbonyl (C=O) groups is 1. The molecule has 1 aromatic heterocycles. The van der Waals surface area contributed by atoms with E-state index in [1.54, 1.807) is 6.92 Å². The molecule has 0 aliphatic heterocycles. The SMILES string of the molecule is COc1cccc(C(=O)NC(C)c2nc3ccccc3[nH]2)c1OC(F)F. The number of methoxy groups -OCH3 is 1. The van der Waals surface area contributed by atoms with Crippen LogP contribution in [0.2, 0.25) is 0 Å². The summed E-state index contributed by atoms with van der Waals surface area (Å²) in [7, 11) is 1.31. The van der Waals surface area contributed by atoms with Crippen molar-refractivity contribution in [1.82, 2.24) is 15.3 Å². The molecular weight excluding hydrogens is 344 g/mol. The molecule has 0 radical (unpaired) electrons. The second kappa shape index (κ2) is 7.38. The molecule has 0 saturated carbocycles. The summed E-state index contributed by atoms with van der Waals surface area (Å²) < 4.78 is 34.9. The van der Waals surface area contributed by atoms with Gasteiger partial charge in [0.1, 0.15) is 5.82 Å². The maximum Gasteiger partial charge on any atom is 0.387 e. The largest absolute Gasteiger partial charge is 0.493 e. The minimum atomic E-state index is -3.08. The van der Waals surface area contributed by atoms with Crippen molar-refractivity contribution in [3.63, 3.8) is 0 Å². The summed E-state index contributed by atoms with van der Waals surface area (Å²) in [5, 5.41) is 2.73. The van der Waals surface area contributed by atoms with Crippen LogP contribution in [-0.4, -0.2) is 29.6 Å². The van der Waals surface area contributed by atoms with Crippen LogP contribution in [0, 0.1) is 0 Å². The fourth-order valence-corrected chi connectivity index (χ4v) is 2.59. The number of carbonyl (C=O) groups excluding carboxylic acids is 1. The summed E-state index contributed by atoms with van der Waals surface area (Å²) in [6.07, 6.45) is 0. The van der Waals surface area contributed by atoms with E-state index in [9.17, 15) is 13.6 Å². The van der Waals surface area contributed by atoms with Gasteiger partial charge in [-0.1, -0.05) is 18.2 Å². The molecule has 1 atom stereocenters. The molecule has 0 aliphatic carbocycles. The molecule has 1 heterocycles. The number of fused-ring (bicyclic) bond motifs is 1. The van der Waals surface area contributed by atoms with Crippen molar-refractivity contribution < 1.29 is 23.0 Å². The quantitative estimate of drug-likeness (QED) is 0.702. The van der Waals surface area contributed by atoms with Crippen LogP contribution in [0.4, 0.5) is 8.78 Å². The third kappa shape index (κ3) is 3.58. The monoisotopic (exact) mass is 361 g/mol. The third-order valence-corrected chi connectivity index (χ3v) is 3.82.